The van der Waals surface area contributed by atoms with Gasteiger partial charge in [-0.15, -0.1) is 0 Å². The van der Waals surface area contributed by atoms with Crippen LogP contribution in [0.15, 0.2) is 41.5 Å². The van der Waals surface area contributed by atoms with Crippen molar-refractivity contribution in [3.05, 3.63) is 42.6 Å². The van der Waals surface area contributed by atoms with Crippen molar-refractivity contribution in [2.24, 2.45) is 0 Å². The van der Waals surface area contributed by atoms with Gasteiger partial charge in [0.25, 0.3) is 10.2 Å². The molecule has 2 aromatic rings. The third kappa shape index (κ3) is 3.40. The Morgan fingerprint density at radius 2 is 2.11 bits per heavy atom. The molecule has 0 aliphatic rings. The van der Waals surface area contributed by atoms with Gasteiger partial charge in [-0.25, -0.2) is 0 Å². The van der Waals surface area contributed by atoms with E-state index in [2.05, 4.69) is 9.71 Å². The minimum atomic E-state index is -3.43. The number of aromatic nitrogens is 1. The topological polar surface area (TPSA) is 75.4 Å². The average molecular weight is 281 g/mol. The molecule has 102 valence electrons. The second-order valence-corrected chi connectivity index (χ2v) is 6.17. The average Bonchev–Trinajstić information content (AvgIpc) is 2.90. The van der Waals surface area contributed by atoms with E-state index in [1.807, 2.05) is 12.1 Å². The maximum atomic E-state index is 11.6. The Hall–Kier alpha value is -1.70. The highest BCUT2D eigenvalue weighted by Crippen LogP contribution is 2.19. The fraction of sp³-hybridized carbons (Fsp3) is 0.250. The van der Waals surface area contributed by atoms with Crippen LogP contribution in [0, 0.1) is 0 Å². The molecule has 0 radical (unpaired) electrons. The van der Waals surface area contributed by atoms with Crippen molar-refractivity contribution in [1.29, 1.82) is 0 Å². The molecule has 0 aliphatic carbocycles. The first-order chi connectivity index (χ1) is 8.99. The quantitative estimate of drug-likeness (QED) is 0.894. The van der Waals surface area contributed by atoms with Crippen LogP contribution < -0.4 is 4.72 Å². The number of rotatable bonds is 5. The van der Waals surface area contributed by atoms with Crippen LogP contribution in [-0.4, -0.2) is 31.8 Å². The number of hydrogen-bond acceptors (Lipinski definition) is 4. The number of nitrogens with zero attached hydrogens (tertiary/aromatic N) is 2. The van der Waals surface area contributed by atoms with E-state index >= 15 is 0 Å². The van der Waals surface area contributed by atoms with Gasteiger partial charge in [0.05, 0.1) is 12.5 Å². The van der Waals surface area contributed by atoms with Gasteiger partial charge in [0, 0.05) is 44.2 Å². The SMILES string of the molecule is CN(C)S(=O)(=O)NCc1cncc(-c2ccoc2)c1. The highest BCUT2D eigenvalue weighted by molar-refractivity contribution is 7.87. The maximum absolute atomic E-state index is 11.6. The van der Waals surface area contributed by atoms with Crippen molar-refractivity contribution in [3.8, 4) is 11.1 Å². The van der Waals surface area contributed by atoms with Crippen molar-refractivity contribution in [2.75, 3.05) is 14.1 Å². The molecule has 0 saturated heterocycles. The van der Waals surface area contributed by atoms with E-state index in [4.69, 9.17) is 4.42 Å². The lowest BCUT2D eigenvalue weighted by Crippen LogP contribution is -2.35. The molecule has 2 heterocycles. The monoisotopic (exact) mass is 281 g/mol. The molecule has 19 heavy (non-hydrogen) atoms. The molecular formula is C12H15N3O3S. The van der Waals surface area contributed by atoms with Crippen LogP contribution in [0.5, 0.6) is 0 Å². The predicted molar refractivity (Wildman–Crippen MR) is 71.4 cm³/mol. The minimum Gasteiger partial charge on any atom is -0.472 e. The van der Waals surface area contributed by atoms with Crippen molar-refractivity contribution < 1.29 is 12.8 Å². The lowest BCUT2D eigenvalue weighted by atomic mass is 10.1. The molecule has 0 saturated carbocycles. The molecular weight excluding hydrogens is 266 g/mol. The zero-order valence-electron chi connectivity index (χ0n) is 10.7. The van der Waals surface area contributed by atoms with Crippen LogP contribution in [0.4, 0.5) is 0 Å². The van der Waals surface area contributed by atoms with Crippen LogP contribution in [0.1, 0.15) is 5.56 Å². The smallest absolute Gasteiger partial charge is 0.279 e. The summed E-state index contributed by atoms with van der Waals surface area (Å²) in [6.45, 7) is 0.194. The van der Waals surface area contributed by atoms with Gasteiger partial charge in [-0.05, 0) is 17.7 Å². The Kier molecular flexibility index (Phi) is 3.98. The van der Waals surface area contributed by atoms with Crippen molar-refractivity contribution in [1.82, 2.24) is 14.0 Å². The third-order valence-corrected chi connectivity index (χ3v) is 4.06. The molecule has 7 heteroatoms. The first kappa shape index (κ1) is 13.7. The van der Waals surface area contributed by atoms with Gasteiger partial charge in [0.2, 0.25) is 0 Å². The normalized spacial score (nSPS) is 11.9. The molecule has 0 aliphatic heterocycles. The Balaban J connectivity index is 2.13. The summed E-state index contributed by atoms with van der Waals surface area (Å²) in [6, 6.07) is 3.70. The molecule has 0 bridgehead atoms. The van der Waals surface area contributed by atoms with Gasteiger partial charge >= 0.3 is 0 Å². The Bertz CT molecular complexity index is 636. The van der Waals surface area contributed by atoms with Crippen LogP contribution in [0.3, 0.4) is 0 Å². The van der Waals surface area contributed by atoms with Crippen LogP contribution in [0.25, 0.3) is 11.1 Å². The lowest BCUT2D eigenvalue weighted by molar-refractivity contribution is 0.505. The first-order valence-electron chi connectivity index (χ1n) is 5.62. The Morgan fingerprint density at radius 3 is 2.74 bits per heavy atom. The molecule has 2 aromatic heterocycles. The van der Waals surface area contributed by atoms with Crippen molar-refractivity contribution >= 4 is 10.2 Å². The zero-order valence-corrected chi connectivity index (χ0v) is 11.5. The van der Waals surface area contributed by atoms with E-state index < -0.39 is 10.2 Å². The third-order valence-electron chi connectivity index (χ3n) is 2.59. The molecule has 0 unspecified atom stereocenters. The Labute approximate surface area is 112 Å². The molecule has 0 amide bonds. The summed E-state index contributed by atoms with van der Waals surface area (Å²) in [5.74, 6) is 0. The van der Waals surface area contributed by atoms with E-state index in [9.17, 15) is 8.42 Å². The largest absolute Gasteiger partial charge is 0.472 e. The summed E-state index contributed by atoms with van der Waals surface area (Å²) in [5, 5.41) is 0. The predicted octanol–water partition coefficient (Wildman–Crippen LogP) is 1.24. The Morgan fingerprint density at radius 1 is 1.32 bits per heavy atom. The summed E-state index contributed by atoms with van der Waals surface area (Å²) in [5.41, 5.74) is 2.57. The molecule has 2 rings (SSSR count). The number of nitrogens with one attached hydrogen (secondary N) is 1. The maximum Gasteiger partial charge on any atom is 0.279 e. The molecule has 1 N–H and O–H groups in total. The van der Waals surface area contributed by atoms with Crippen LogP contribution >= 0.6 is 0 Å². The van der Waals surface area contributed by atoms with E-state index in [0.717, 1.165) is 21.0 Å². The lowest BCUT2D eigenvalue weighted by Gasteiger charge is -2.12. The van der Waals surface area contributed by atoms with Gasteiger partial charge < -0.3 is 4.42 Å². The highest BCUT2D eigenvalue weighted by atomic mass is 32.2. The van der Waals surface area contributed by atoms with Gasteiger partial charge in [-0.2, -0.15) is 17.4 Å². The molecule has 0 atom stereocenters. The highest BCUT2D eigenvalue weighted by Gasteiger charge is 2.12. The van der Waals surface area contributed by atoms with E-state index in [1.54, 1.807) is 24.9 Å². The first-order valence-corrected chi connectivity index (χ1v) is 7.06. The molecule has 6 nitrogen and oxygen atoms in total. The summed E-state index contributed by atoms with van der Waals surface area (Å²) >= 11 is 0. The van der Waals surface area contributed by atoms with Gasteiger partial charge in [-0.3, -0.25) is 4.98 Å². The van der Waals surface area contributed by atoms with E-state index in [-0.39, 0.29) is 6.54 Å². The second kappa shape index (κ2) is 5.52. The van der Waals surface area contributed by atoms with Crippen molar-refractivity contribution in [2.45, 2.75) is 6.54 Å². The number of pyridine rings is 1. The van der Waals surface area contributed by atoms with Crippen LogP contribution in [0.2, 0.25) is 0 Å². The molecule has 0 spiro atoms. The number of hydrogen-bond donors (Lipinski definition) is 1. The molecule has 0 fully saturated rings. The van der Waals surface area contributed by atoms with Gasteiger partial charge in [0.15, 0.2) is 0 Å². The molecule has 0 aromatic carbocycles. The summed E-state index contributed by atoms with van der Waals surface area (Å²) in [7, 11) is -0.477. The second-order valence-electron chi connectivity index (χ2n) is 4.20. The number of furan rings is 1. The summed E-state index contributed by atoms with van der Waals surface area (Å²) in [4.78, 5) is 4.10. The van der Waals surface area contributed by atoms with Gasteiger partial charge in [0.1, 0.15) is 0 Å². The minimum absolute atomic E-state index is 0.194. The standard InChI is InChI=1S/C12H15N3O3S/c1-15(2)19(16,17)14-7-10-5-12(8-13-6-10)11-3-4-18-9-11/h3-6,8-9,14H,7H2,1-2H3. The zero-order chi connectivity index (χ0) is 13.9. The van der Waals surface area contributed by atoms with Crippen LogP contribution in [-0.2, 0) is 16.8 Å². The fourth-order valence-electron chi connectivity index (χ4n) is 1.47. The fourth-order valence-corrected chi connectivity index (χ4v) is 2.08. The van der Waals surface area contributed by atoms with E-state index in [0.29, 0.717) is 0 Å². The summed E-state index contributed by atoms with van der Waals surface area (Å²) < 4.78 is 31.8. The summed E-state index contributed by atoms with van der Waals surface area (Å²) in [6.07, 6.45) is 6.53. The van der Waals surface area contributed by atoms with Gasteiger partial charge in [-0.1, -0.05) is 0 Å². The van der Waals surface area contributed by atoms with E-state index in [1.165, 1.54) is 14.1 Å². The van der Waals surface area contributed by atoms with Crippen molar-refractivity contribution in [3.63, 3.8) is 0 Å².